The Morgan fingerprint density at radius 1 is 1.25 bits per heavy atom. The van der Waals surface area contributed by atoms with Gasteiger partial charge in [-0.3, -0.25) is 0 Å². The van der Waals surface area contributed by atoms with Gasteiger partial charge in [-0.05, 0) is 23.5 Å². The van der Waals surface area contributed by atoms with E-state index in [1.165, 1.54) is 23.5 Å². The summed E-state index contributed by atoms with van der Waals surface area (Å²) in [6.07, 6.45) is 1.35. The smallest absolute Gasteiger partial charge is 0.0862 e. The fraction of sp³-hybridized carbons (Fsp3) is 0.625. The van der Waals surface area contributed by atoms with Crippen molar-refractivity contribution in [2.75, 3.05) is 18.1 Å². The van der Waals surface area contributed by atoms with Crippen molar-refractivity contribution < 1.29 is 9.84 Å². The molecule has 2 nitrogen and oxygen atoms in total. The van der Waals surface area contributed by atoms with Gasteiger partial charge in [0, 0.05) is 5.41 Å². The Kier molecular flexibility index (Phi) is 6.27. The van der Waals surface area contributed by atoms with Crippen LogP contribution in [0.2, 0.25) is 0 Å². The molecule has 1 heterocycles. The van der Waals surface area contributed by atoms with E-state index in [2.05, 4.69) is 26.0 Å². The molecule has 0 aromatic heterocycles. The fourth-order valence-corrected chi connectivity index (χ4v) is 5.68. The monoisotopic (exact) mass is 312 g/mol. The maximum Gasteiger partial charge on any atom is 0.0862 e. The topological polar surface area (TPSA) is 29.5 Å². The molecule has 0 saturated carbocycles. The maximum atomic E-state index is 9.69. The number of ether oxygens (including phenoxy) is 1. The maximum absolute atomic E-state index is 9.69. The van der Waals surface area contributed by atoms with E-state index >= 15 is 0 Å². The van der Waals surface area contributed by atoms with Crippen LogP contribution >= 0.6 is 23.5 Å². The van der Waals surface area contributed by atoms with Gasteiger partial charge in [-0.2, -0.15) is 0 Å². The van der Waals surface area contributed by atoms with Gasteiger partial charge in [0.15, 0.2) is 0 Å². The van der Waals surface area contributed by atoms with Crippen LogP contribution in [0.15, 0.2) is 30.3 Å². The van der Waals surface area contributed by atoms with Crippen LogP contribution in [-0.4, -0.2) is 33.9 Å². The molecule has 1 aromatic carbocycles. The van der Waals surface area contributed by atoms with Gasteiger partial charge in [-0.25, -0.2) is 0 Å². The van der Waals surface area contributed by atoms with E-state index in [4.69, 9.17) is 4.74 Å². The molecular formula is C16H24O2S2. The van der Waals surface area contributed by atoms with Crippen molar-refractivity contribution in [3.63, 3.8) is 0 Å². The molecule has 1 aliphatic rings. The summed E-state index contributed by atoms with van der Waals surface area (Å²) in [6, 6.07) is 10.3. The first-order chi connectivity index (χ1) is 9.63. The number of aliphatic hydroxyl groups is 1. The van der Waals surface area contributed by atoms with Crippen molar-refractivity contribution in [3.05, 3.63) is 35.9 Å². The van der Waals surface area contributed by atoms with Gasteiger partial charge in [-0.15, -0.1) is 23.5 Å². The molecule has 0 spiro atoms. The van der Waals surface area contributed by atoms with Gasteiger partial charge < -0.3 is 9.84 Å². The zero-order chi connectivity index (χ0) is 14.4. The molecule has 112 valence electrons. The summed E-state index contributed by atoms with van der Waals surface area (Å²) in [5.41, 5.74) is 0.980. The second-order valence-electron chi connectivity index (χ2n) is 5.83. The summed E-state index contributed by atoms with van der Waals surface area (Å²) in [6.45, 7) is 4.97. The van der Waals surface area contributed by atoms with Crippen LogP contribution in [0.25, 0.3) is 0 Å². The number of benzene rings is 1. The van der Waals surface area contributed by atoms with Crippen LogP contribution < -0.4 is 0 Å². The van der Waals surface area contributed by atoms with Gasteiger partial charge in [0.25, 0.3) is 0 Å². The quantitative estimate of drug-likeness (QED) is 0.865. The van der Waals surface area contributed by atoms with Crippen molar-refractivity contribution in [1.29, 1.82) is 0 Å². The minimum absolute atomic E-state index is 0.0722. The Balaban J connectivity index is 2.02. The lowest BCUT2D eigenvalue weighted by Crippen LogP contribution is -2.42. The molecule has 0 aliphatic carbocycles. The highest BCUT2D eigenvalue weighted by atomic mass is 32.2. The zero-order valence-corrected chi connectivity index (χ0v) is 13.9. The third-order valence-electron chi connectivity index (χ3n) is 3.55. The predicted molar refractivity (Wildman–Crippen MR) is 89.2 cm³/mol. The van der Waals surface area contributed by atoms with Gasteiger partial charge in [0.2, 0.25) is 0 Å². The van der Waals surface area contributed by atoms with E-state index in [1.54, 1.807) is 0 Å². The molecular weight excluding hydrogens is 288 g/mol. The lowest BCUT2D eigenvalue weighted by atomic mass is 9.88. The van der Waals surface area contributed by atoms with Gasteiger partial charge >= 0.3 is 0 Å². The average molecular weight is 313 g/mol. The number of rotatable bonds is 6. The molecule has 1 aromatic rings. The molecule has 1 N–H and O–H groups in total. The zero-order valence-electron chi connectivity index (χ0n) is 12.2. The van der Waals surface area contributed by atoms with Crippen molar-refractivity contribution in [2.45, 2.75) is 37.6 Å². The van der Waals surface area contributed by atoms with Crippen LogP contribution in [0.3, 0.4) is 0 Å². The number of hydrogen-bond acceptors (Lipinski definition) is 4. The first-order valence-corrected chi connectivity index (χ1v) is 9.23. The normalized spacial score (nSPS) is 18.9. The fourth-order valence-electron chi connectivity index (χ4n) is 2.20. The molecule has 1 atom stereocenters. The highest BCUT2D eigenvalue weighted by Crippen LogP contribution is 2.41. The molecule has 2 rings (SSSR count). The molecule has 0 bridgehead atoms. The van der Waals surface area contributed by atoms with Crippen molar-refractivity contribution in [3.8, 4) is 0 Å². The number of hydrogen-bond donors (Lipinski definition) is 1. The number of thioether (sulfide) groups is 2. The summed E-state index contributed by atoms with van der Waals surface area (Å²) in [5, 5.41) is 9.69. The van der Waals surface area contributed by atoms with E-state index in [1.807, 2.05) is 41.7 Å². The van der Waals surface area contributed by atoms with Crippen LogP contribution in [0.5, 0.6) is 0 Å². The number of aliphatic hydroxyl groups excluding tert-OH is 1. The van der Waals surface area contributed by atoms with Crippen LogP contribution in [0.4, 0.5) is 0 Å². The second kappa shape index (κ2) is 7.74. The minimum atomic E-state index is -0.212. The summed E-state index contributed by atoms with van der Waals surface area (Å²) in [5.74, 6) is 2.40. The second-order valence-corrected chi connectivity index (χ2v) is 8.62. The summed E-state index contributed by atoms with van der Waals surface area (Å²) in [4.78, 5) is 0. The average Bonchev–Trinajstić information content (AvgIpc) is 2.49. The molecule has 1 fully saturated rings. The third-order valence-corrected chi connectivity index (χ3v) is 6.57. The molecule has 20 heavy (non-hydrogen) atoms. The van der Waals surface area contributed by atoms with Gasteiger partial charge in [0.05, 0.1) is 23.9 Å². The van der Waals surface area contributed by atoms with Gasteiger partial charge in [0.1, 0.15) is 0 Å². The molecule has 4 heteroatoms. The standard InChI is InChI=1S/C16H24O2S2/c1-16(2,12-17)14(15-19-9-6-10-20-15)18-11-13-7-4-3-5-8-13/h3-5,7-8,14-15,17H,6,9-12H2,1-2H3/t14-/m0/s1. The van der Waals surface area contributed by atoms with E-state index in [-0.39, 0.29) is 18.1 Å². The Morgan fingerprint density at radius 3 is 2.50 bits per heavy atom. The van der Waals surface area contributed by atoms with E-state index in [0.29, 0.717) is 11.2 Å². The van der Waals surface area contributed by atoms with Crippen LogP contribution in [0.1, 0.15) is 25.8 Å². The predicted octanol–water partition coefficient (Wildman–Crippen LogP) is 3.79. The summed E-state index contributed by atoms with van der Waals surface area (Å²) >= 11 is 3.95. The summed E-state index contributed by atoms with van der Waals surface area (Å²) in [7, 11) is 0. The van der Waals surface area contributed by atoms with E-state index in [0.717, 1.165) is 0 Å². The van der Waals surface area contributed by atoms with Gasteiger partial charge in [-0.1, -0.05) is 44.2 Å². The van der Waals surface area contributed by atoms with Crippen LogP contribution in [-0.2, 0) is 11.3 Å². The van der Waals surface area contributed by atoms with Crippen molar-refractivity contribution in [2.24, 2.45) is 5.41 Å². The largest absolute Gasteiger partial charge is 0.396 e. The van der Waals surface area contributed by atoms with Crippen molar-refractivity contribution in [1.82, 2.24) is 0 Å². The highest BCUT2D eigenvalue weighted by Gasteiger charge is 2.37. The Hall–Kier alpha value is -0.160. The molecule has 0 unspecified atom stereocenters. The Morgan fingerprint density at radius 2 is 1.90 bits per heavy atom. The summed E-state index contributed by atoms with van der Waals surface area (Å²) < 4.78 is 6.65. The molecule has 1 aliphatic heterocycles. The molecule has 0 radical (unpaired) electrons. The minimum Gasteiger partial charge on any atom is -0.396 e. The SMILES string of the molecule is CC(C)(CO)[C@@H](OCc1ccccc1)C1SCCCS1. The molecule has 1 saturated heterocycles. The first kappa shape index (κ1) is 16.2. The van der Waals surface area contributed by atoms with E-state index in [9.17, 15) is 5.11 Å². The Bertz CT molecular complexity index is 389. The van der Waals surface area contributed by atoms with E-state index < -0.39 is 0 Å². The third kappa shape index (κ3) is 4.42. The lowest BCUT2D eigenvalue weighted by Gasteiger charge is -2.39. The molecule has 0 amide bonds. The van der Waals surface area contributed by atoms with Crippen molar-refractivity contribution >= 4 is 23.5 Å². The Labute approximate surface area is 130 Å². The lowest BCUT2D eigenvalue weighted by molar-refractivity contribution is -0.0475. The van der Waals surface area contributed by atoms with Crippen LogP contribution in [0, 0.1) is 5.41 Å². The first-order valence-electron chi connectivity index (χ1n) is 7.13. The highest BCUT2D eigenvalue weighted by molar-refractivity contribution is 8.17.